The van der Waals surface area contributed by atoms with Crippen molar-refractivity contribution in [1.29, 1.82) is 0 Å². The Morgan fingerprint density at radius 1 is 0.919 bits per heavy atom. The minimum absolute atomic E-state index is 0.0235. The van der Waals surface area contributed by atoms with E-state index in [1.54, 1.807) is 12.1 Å². The fourth-order valence-corrected chi connectivity index (χ4v) is 3.22. The zero-order valence-electron chi connectivity index (χ0n) is 21.7. The van der Waals surface area contributed by atoms with Gasteiger partial charge in [-0.1, -0.05) is 30.3 Å². The van der Waals surface area contributed by atoms with Gasteiger partial charge in [-0.15, -0.1) is 0 Å². The molecule has 0 bridgehead atoms. The van der Waals surface area contributed by atoms with Crippen molar-refractivity contribution in [3.05, 3.63) is 59.2 Å². The van der Waals surface area contributed by atoms with Gasteiger partial charge in [-0.3, -0.25) is 14.4 Å². The van der Waals surface area contributed by atoms with Crippen LogP contribution in [0.5, 0.6) is 5.75 Å². The number of hydrogen-bond donors (Lipinski definition) is 7. The van der Waals surface area contributed by atoms with Gasteiger partial charge < -0.3 is 36.8 Å². The lowest BCUT2D eigenvalue weighted by Crippen LogP contribution is -2.22. The molecule has 0 aromatic heterocycles. The third kappa shape index (κ3) is 18.5. The van der Waals surface area contributed by atoms with E-state index in [1.807, 2.05) is 0 Å². The van der Waals surface area contributed by atoms with Gasteiger partial charge >= 0.3 is 0 Å². The van der Waals surface area contributed by atoms with Crippen LogP contribution in [0.25, 0.3) is 0 Å². The van der Waals surface area contributed by atoms with E-state index in [2.05, 4.69) is 34.9 Å². The molecule has 2 aromatic rings. The molecule has 2 rings (SSSR count). The molecule has 0 spiro atoms. The number of carboxylic acid groups (broad SMARTS) is 2. The van der Waals surface area contributed by atoms with E-state index in [4.69, 9.17) is 25.5 Å². The van der Waals surface area contributed by atoms with Crippen molar-refractivity contribution in [2.45, 2.75) is 58.5 Å². The van der Waals surface area contributed by atoms with E-state index in [1.165, 1.54) is 17.2 Å². The molecule has 0 heterocycles. The highest BCUT2D eigenvalue weighted by Gasteiger charge is 2.10. The second kappa shape index (κ2) is 20.7. The second-order valence-electron chi connectivity index (χ2n) is 8.32. The van der Waals surface area contributed by atoms with Crippen LogP contribution in [0.1, 0.15) is 62.3 Å². The molecule has 0 aliphatic heterocycles. The first kappa shape index (κ1) is 33.5. The summed E-state index contributed by atoms with van der Waals surface area (Å²) in [6, 6.07) is 13.5. The van der Waals surface area contributed by atoms with Gasteiger partial charge in [0.25, 0.3) is 11.9 Å². The normalized spacial score (nSPS) is 10.7. The van der Waals surface area contributed by atoms with E-state index < -0.39 is 18.0 Å². The second-order valence-corrected chi connectivity index (χ2v) is 8.32. The van der Waals surface area contributed by atoms with Crippen LogP contribution in [-0.2, 0) is 27.2 Å². The van der Waals surface area contributed by atoms with Crippen molar-refractivity contribution < 1.29 is 34.8 Å². The number of anilines is 1. The summed E-state index contributed by atoms with van der Waals surface area (Å²) in [5.74, 6) is -1.69. The Hall–Kier alpha value is -3.47. The molecule has 10 heteroatoms. The number of carboxylic acids is 2. The van der Waals surface area contributed by atoms with Gasteiger partial charge in [-0.25, -0.2) is 0 Å². The number of benzene rings is 2. The molecular weight excluding hydrogens is 478 g/mol. The van der Waals surface area contributed by atoms with Gasteiger partial charge in [0.15, 0.2) is 0 Å². The van der Waals surface area contributed by atoms with E-state index in [-0.39, 0.29) is 5.75 Å². The number of nitrogens with one attached hydrogen (secondary N) is 2. The lowest BCUT2D eigenvalue weighted by atomic mass is 10.0. The van der Waals surface area contributed by atoms with E-state index in [0.717, 1.165) is 65.5 Å². The van der Waals surface area contributed by atoms with Crippen LogP contribution >= 0.6 is 0 Å². The molecule has 0 radical (unpaired) electrons. The van der Waals surface area contributed by atoms with E-state index in [9.17, 15) is 15.0 Å². The number of aliphatic carboxylic acids is 2. The minimum atomic E-state index is -0.833. The zero-order valence-corrected chi connectivity index (χ0v) is 21.7. The molecule has 0 saturated carbocycles. The highest BCUT2D eigenvalue weighted by molar-refractivity contribution is 5.75. The largest absolute Gasteiger partial charge is 0.506 e. The summed E-state index contributed by atoms with van der Waals surface area (Å²) in [6.07, 6.45) is 6.28. The molecule has 0 saturated heterocycles. The SMILES string of the molecule is CC(=O)O.CC(=O)O.NCCCCc1ccc(CCCCNC[C@H](O)c2ccc(O)c(NC=O)c2)cc1. The Labute approximate surface area is 218 Å². The fourth-order valence-electron chi connectivity index (χ4n) is 3.22. The van der Waals surface area contributed by atoms with Gasteiger partial charge in [0.2, 0.25) is 6.41 Å². The van der Waals surface area contributed by atoms with Crippen molar-refractivity contribution in [1.82, 2.24) is 5.32 Å². The Bertz CT molecular complexity index is 901. The topological polar surface area (TPSA) is 182 Å². The predicted octanol–water partition coefficient (Wildman–Crippen LogP) is 3.07. The van der Waals surface area contributed by atoms with Gasteiger partial charge in [0, 0.05) is 20.4 Å². The molecule has 37 heavy (non-hydrogen) atoms. The maximum Gasteiger partial charge on any atom is 0.300 e. The number of carbonyl (C=O) groups is 3. The molecule has 206 valence electrons. The third-order valence-electron chi connectivity index (χ3n) is 4.97. The zero-order chi connectivity index (χ0) is 28.1. The summed E-state index contributed by atoms with van der Waals surface area (Å²) in [4.78, 5) is 28.6. The van der Waals surface area contributed by atoms with Crippen LogP contribution < -0.4 is 16.4 Å². The Morgan fingerprint density at radius 2 is 1.43 bits per heavy atom. The highest BCUT2D eigenvalue weighted by atomic mass is 16.4. The number of aliphatic hydroxyl groups is 1. The summed E-state index contributed by atoms with van der Waals surface area (Å²) in [5.41, 5.74) is 9.20. The van der Waals surface area contributed by atoms with Gasteiger partial charge in [-0.05, 0) is 80.4 Å². The maximum atomic E-state index is 10.6. The van der Waals surface area contributed by atoms with Crippen molar-refractivity contribution in [3.8, 4) is 5.75 Å². The van der Waals surface area contributed by atoms with Crippen LogP contribution in [0.4, 0.5) is 5.69 Å². The number of rotatable bonds is 14. The Balaban J connectivity index is 0.00000142. The number of unbranched alkanes of at least 4 members (excludes halogenated alkanes) is 2. The highest BCUT2D eigenvalue weighted by Crippen LogP contribution is 2.26. The number of phenols is 1. The number of nitrogens with two attached hydrogens (primary N) is 1. The lowest BCUT2D eigenvalue weighted by molar-refractivity contribution is -0.135. The summed E-state index contributed by atoms with van der Waals surface area (Å²) in [6.45, 7) is 4.17. The van der Waals surface area contributed by atoms with Crippen molar-refractivity contribution in [3.63, 3.8) is 0 Å². The van der Waals surface area contributed by atoms with Gasteiger partial charge in [-0.2, -0.15) is 0 Å². The third-order valence-corrected chi connectivity index (χ3v) is 4.97. The number of aryl methyl sites for hydroxylation is 2. The average molecular weight is 520 g/mol. The molecule has 8 N–H and O–H groups in total. The quantitative estimate of drug-likeness (QED) is 0.112. The number of carbonyl (C=O) groups excluding carboxylic acids is 1. The van der Waals surface area contributed by atoms with Crippen LogP contribution in [0.3, 0.4) is 0 Å². The van der Waals surface area contributed by atoms with Crippen LogP contribution in [0.15, 0.2) is 42.5 Å². The summed E-state index contributed by atoms with van der Waals surface area (Å²) < 4.78 is 0. The number of aromatic hydroxyl groups is 1. The number of aliphatic hydroxyl groups excluding tert-OH is 1. The lowest BCUT2D eigenvalue weighted by Gasteiger charge is -2.14. The summed E-state index contributed by atoms with van der Waals surface area (Å²) >= 11 is 0. The van der Waals surface area contributed by atoms with Gasteiger partial charge in [0.05, 0.1) is 11.8 Å². The predicted molar refractivity (Wildman–Crippen MR) is 144 cm³/mol. The molecule has 10 nitrogen and oxygen atoms in total. The molecule has 1 amide bonds. The van der Waals surface area contributed by atoms with E-state index >= 15 is 0 Å². The molecule has 2 aromatic carbocycles. The van der Waals surface area contributed by atoms with Crippen molar-refractivity contribution >= 4 is 24.0 Å². The maximum absolute atomic E-state index is 10.6. The minimum Gasteiger partial charge on any atom is -0.506 e. The average Bonchev–Trinajstić information content (AvgIpc) is 2.83. The van der Waals surface area contributed by atoms with Crippen molar-refractivity contribution in [2.75, 3.05) is 25.0 Å². The van der Waals surface area contributed by atoms with E-state index in [0.29, 0.717) is 24.2 Å². The van der Waals surface area contributed by atoms with Crippen LogP contribution in [-0.4, -0.2) is 58.4 Å². The first-order valence-corrected chi connectivity index (χ1v) is 12.2. The Morgan fingerprint density at radius 3 is 1.92 bits per heavy atom. The van der Waals surface area contributed by atoms with Crippen LogP contribution in [0.2, 0.25) is 0 Å². The molecule has 0 aliphatic carbocycles. The van der Waals surface area contributed by atoms with Crippen molar-refractivity contribution in [2.24, 2.45) is 5.73 Å². The molecule has 1 atom stereocenters. The first-order chi connectivity index (χ1) is 17.6. The fraction of sp³-hybridized carbons (Fsp3) is 0.444. The number of phenolic OH excluding ortho intramolecular Hbond substituents is 1. The summed E-state index contributed by atoms with van der Waals surface area (Å²) in [5, 5.41) is 40.4. The van der Waals surface area contributed by atoms with Crippen LogP contribution in [0, 0.1) is 0 Å². The smallest absolute Gasteiger partial charge is 0.300 e. The Kier molecular flexibility index (Phi) is 18.8. The summed E-state index contributed by atoms with van der Waals surface area (Å²) in [7, 11) is 0. The molecule has 0 fully saturated rings. The molecular formula is C27H41N3O7. The number of amides is 1. The molecule has 0 aliphatic rings. The number of hydrogen-bond acceptors (Lipinski definition) is 7. The van der Waals surface area contributed by atoms with Gasteiger partial charge in [0.1, 0.15) is 5.75 Å². The monoisotopic (exact) mass is 519 g/mol. The standard InChI is InChI=1S/C23H33N3O3.2C2H4O2/c24-13-3-1-5-18-7-9-19(10-8-18)6-2-4-14-25-16-23(29)20-11-12-22(28)21(15-20)26-17-27;2*1-2(3)4/h7-12,15,17,23,25,28-29H,1-6,13-14,16,24H2,(H,26,27);2*1H3,(H,3,4)/t23-;;/m0../s1. The molecule has 0 unspecified atom stereocenters. The first-order valence-electron chi connectivity index (χ1n) is 12.2.